The Kier molecular flexibility index (Phi) is 4.62. The van der Waals surface area contributed by atoms with Gasteiger partial charge in [-0.2, -0.15) is 0 Å². The van der Waals surface area contributed by atoms with Gasteiger partial charge in [-0.1, -0.05) is 13.0 Å². The summed E-state index contributed by atoms with van der Waals surface area (Å²) in [5.74, 6) is -0.566. The molecule has 0 amide bonds. The molecule has 0 saturated carbocycles. The van der Waals surface area contributed by atoms with E-state index in [2.05, 4.69) is 4.72 Å². The van der Waals surface area contributed by atoms with Crippen molar-refractivity contribution >= 4 is 10.0 Å². The zero-order valence-electron chi connectivity index (χ0n) is 9.77. The monoisotopic (exact) mass is 261 g/mol. The van der Waals surface area contributed by atoms with E-state index in [1.165, 1.54) is 12.1 Å². The largest absolute Gasteiger partial charge is 0.392 e. The summed E-state index contributed by atoms with van der Waals surface area (Å²) in [6.07, 6.45) is -0.287. The van der Waals surface area contributed by atoms with Crippen molar-refractivity contribution in [3.05, 3.63) is 29.6 Å². The van der Waals surface area contributed by atoms with Gasteiger partial charge in [0.05, 0.1) is 11.0 Å². The first-order chi connectivity index (χ1) is 7.86. The van der Waals surface area contributed by atoms with E-state index in [1.807, 2.05) is 0 Å². The number of aliphatic hydroxyl groups is 1. The molecule has 96 valence electrons. The Labute approximate surface area is 101 Å². The van der Waals surface area contributed by atoms with Gasteiger partial charge in [-0.3, -0.25) is 0 Å². The number of halogens is 1. The van der Waals surface area contributed by atoms with E-state index in [0.29, 0.717) is 12.0 Å². The highest BCUT2D eigenvalue weighted by Gasteiger charge is 2.16. The van der Waals surface area contributed by atoms with Crippen LogP contribution < -0.4 is 4.72 Å². The summed E-state index contributed by atoms with van der Waals surface area (Å²) >= 11 is 0. The van der Waals surface area contributed by atoms with Gasteiger partial charge in [0, 0.05) is 6.54 Å². The van der Waals surface area contributed by atoms with Crippen molar-refractivity contribution in [2.45, 2.75) is 31.3 Å². The van der Waals surface area contributed by atoms with Gasteiger partial charge in [-0.15, -0.1) is 0 Å². The number of rotatable bonds is 5. The number of hydrogen-bond acceptors (Lipinski definition) is 3. The quantitative estimate of drug-likeness (QED) is 0.836. The van der Waals surface area contributed by atoms with Crippen LogP contribution in [0.3, 0.4) is 0 Å². The van der Waals surface area contributed by atoms with E-state index in [0.717, 1.165) is 6.07 Å². The summed E-state index contributed by atoms with van der Waals surface area (Å²) < 4.78 is 38.9. The molecule has 2 N–H and O–H groups in total. The Morgan fingerprint density at radius 1 is 1.47 bits per heavy atom. The van der Waals surface area contributed by atoms with E-state index in [4.69, 9.17) is 0 Å². The van der Waals surface area contributed by atoms with Crippen molar-refractivity contribution in [2.75, 3.05) is 6.54 Å². The highest BCUT2D eigenvalue weighted by Crippen LogP contribution is 2.13. The molecule has 0 saturated heterocycles. The second-order valence-electron chi connectivity index (χ2n) is 3.82. The van der Waals surface area contributed by atoms with Gasteiger partial charge in [-0.25, -0.2) is 17.5 Å². The van der Waals surface area contributed by atoms with Crippen LogP contribution in [-0.4, -0.2) is 26.2 Å². The number of sulfonamides is 1. The number of hydrogen-bond donors (Lipinski definition) is 2. The number of aliphatic hydroxyl groups excluding tert-OH is 1. The normalized spacial score (nSPS) is 13.6. The Morgan fingerprint density at radius 3 is 2.65 bits per heavy atom. The Bertz CT molecular complexity index is 487. The number of benzene rings is 1. The third kappa shape index (κ3) is 3.76. The minimum absolute atomic E-state index is 0.0751. The molecule has 0 aromatic heterocycles. The Hall–Kier alpha value is -0.980. The fraction of sp³-hybridized carbons (Fsp3) is 0.455. The second kappa shape index (κ2) is 5.57. The third-order valence-corrected chi connectivity index (χ3v) is 3.86. The van der Waals surface area contributed by atoms with Gasteiger partial charge in [-0.05, 0) is 31.0 Å². The minimum atomic E-state index is -3.75. The first-order valence-corrected chi connectivity index (χ1v) is 6.79. The molecule has 1 unspecified atom stereocenters. The number of nitrogens with one attached hydrogen (secondary N) is 1. The van der Waals surface area contributed by atoms with Crippen LogP contribution in [-0.2, 0) is 10.0 Å². The summed E-state index contributed by atoms with van der Waals surface area (Å²) in [6, 6.07) is 3.70. The van der Waals surface area contributed by atoms with E-state index < -0.39 is 21.9 Å². The molecule has 0 bridgehead atoms. The van der Waals surface area contributed by atoms with Crippen LogP contribution in [0.2, 0.25) is 0 Å². The Morgan fingerprint density at radius 2 is 2.12 bits per heavy atom. The lowest BCUT2D eigenvalue weighted by Crippen LogP contribution is -2.31. The molecule has 1 rings (SSSR count). The molecule has 1 aromatic rings. The lowest BCUT2D eigenvalue weighted by Gasteiger charge is -2.10. The maximum atomic E-state index is 13.2. The lowest BCUT2D eigenvalue weighted by atomic mass is 10.2. The molecular weight excluding hydrogens is 245 g/mol. The van der Waals surface area contributed by atoms with Gasteiger partial charge in [0.15, 0.2) is 0 Å². The molecule has 0 aliphatic carbocycles. The molecule has 0 spiro atoms. The molecule has 0 heterocycles. The fourth-order valence-corrected chi connectivity index (χ4v) is 2.26. The molecule has 4 nitrogen and oxygen atoms in total. The van der Waals surface area contributed by atoms with Crippen LogP contribution in [0.1, 0.15) is 18.9 Å². The molecule has 0 aliphatic heterocycles. The summed E-state index contributed by atoms with van der Waals surface area (Å²) in [5, 5.41) is 9.27. The minimum Gasteiger partial charge on any atom is -0.392 e. The molecule has 1 aromatic carbocycles. The van der Waals surface area contributed by atoms with Crippen molar-refractivity contribution in [3.8, 4) is 0 Å². The molecular formula is C11H16FNO3S. The highest BCUT2D eigenvalue weighted by atomic mass is 32.2. The van der Waals surface area contributed by atoms with E-state index >= 15 is 0 Å². The van der Waals surface area contributed by atoms with Crippen molar-refractivity contribution in [3.63, 3.8) is 0 Å². The SMILES string of the molecule is CCC(O)CNS(=O)(=O)c1ccc(C)c(F)c1. The van der Waals surface area contributed by atoms with E-state index in [-0.39, 0.29) is 11.4 Å². The van der Waals surface area contributed by atoms with Crippen molar-refractivity contribution in [1.29, 1.82) is 0 Å². The van der Waals surface area contributed by atoms with E-state index in [9.17, 15) is 17.9 Å². The maximum Gasteiger partial charge on any atom is 0.240 e. The van der Waals surface area contributed by atoms with Crippen LogP contribution in [0, 0.1) is 12.7 Å². The predicted molar refractivity (Wildman–Crippen MR) is 62.6 cm³/mol. The second-order valence-corrected chi connectivity index (χ2v) is 5.59. The first kappa shape index (κ1) is 14.1. The molecule has 0 aliphatic rings. The summed E-state index contributed by atoms with van der Waals surface area (Å²) in [5.41, 5.74) is 0.387. The topological polar surface area (TPSA) is 66.4 Å². The van der Waals surface area contributed by atoms with Crippen LogP contribution >= 0.6 is 0 Å². The maximum absolute atomic E-state index is 13.2. The van der Waals surface area contributed by atoms with Gasteiger partial charge in [0.1, 0.15) is 5.82 Å². The summed E-state index contributed by atoms with van der Waals surface area (Å²) in [7, 11) is -3.75. The Balaban J connectivity index is 2.86. The van der Waals surface area contributed by atoms with E-state index in [1.54, 1.807) is 13.8 Å². The van der Waals surface area contributed by atoms with Gasteiger partial charge in [0.2, 0.25) is 10.0 Å². The summed E-state index contributed by atoms with van der Waals surface area (Å²) in [4.78, 5) is -0.135. The van der Waals surface area contributed by atoms with Gasteiger partial charge in [0.25, 0.3) is 0 Å². The van der Waals surface area contributed by atoms with Crippen molar-refractivity contribution < 1.29 is 17.9 Å². The predicted octanol–water partition coefficient (Wildman–Crippen LogP) is 1.18. The van der Waals surface area contributed by atoms with Crippen LogP contribution in [0.5, 0.6) is 0 Å². The van der Waals surface area contributed by atoms with Crippen LogP contribution in [0.15, 0.2) is 23.1 Å². The standard InChI is InChI=1S/C11H16FNO3S/c1-3-9(14)7-13-17(15,16)10-5-4-8(2)11(12)6-10/h4-6,9,13-14H,3,7H2,1-2H3. The first-order valence-electron chi connectivity index (χ1n) is 5.30. The number of aryl methyl sites for hydroxylation is 1. The van der Waals surface area contributed by atoms with Crippen LogP contribution in [0.25, 0.3) is 0 Å². The molecule has 6 heteroatoms. The van der Waals surface area contributed by atoms with Crippen LogP contribution in [0.4, 0.5) is 4.39 Å². The molecule has 0 radical (unpaired) electrons. The average molecular weight is 261 g/mol. The highest BCUT2D eigenvalue weighted by molar-refractivity contribution is 7.89. The average Bonchev–Trinajstić information content (AvgIpc) is 2.29. The lowest BCUT2D eigenvalue weighted by molar-refractivity contribution is 0.174. The zero-order chi connectivity index (χ0) is 13.1. The summed E-state index contributed by atoms with van der Waals surface area (Å²) in [6.45, 7) is 3.22. The fourth-order valence-electron chi connectivity index (χ4n) is 1.17. The molecule has 0 fully saturated rings. The van der Waals surface area contributed by atoms with Crippen molar-refractivity contribution in [1.82, 2.24) is 4.72 Å². The van der Waals surface area contributed by atoms with Gasteiger partial charge >= 0.3 is 0 Å². The molecule has 1 atom stereocenters. The third-order valence-electron chi connectivity index (χ3n) is 2.43. The smallest absolute Gasteiger partial charge is 0.240 e. The molecule has 17 heavy (non-hydrogen) atoms. The zero-order valence-corrected chi connectivity index (χ0v) is 10.6. The van der Waals surface area contributed by atoms with Crippen molar-refractivity contribution in [2.24, 2.45) is 0 Å². The van der Waals surface area contributed by atoms with Gasteiger partial charge < -0.3 is 5.11 Å².